The maximum absolute atomic E-state index is 15.1. The van der Waals surface area contributed by atoms with Crippen LogP contribution in [0.1, 0.15) is 23.3 Å². The molecular formula is C29H27FN6O4. The van der Waals surface area contributed by atoms with Gasteiger partial charge in [-0.1, -0.05) is 6.58 Å². The zero-order chi connectivity index (χ0) is 28.1. The van der Waals surface area contributed by atoms with Gasteiger partial charge in [0.25, 0.3) is 0 Å². The molecule has 3 heterocycles. The van der Waals surface area contributed by atoms with Gasteiger partial charge in [0.15, 0.2) is 6.29 Å². The first-order valence-corrected chi connectivity index (χ1v) is 12.6. The van der Waals surface area contributed by atoms with Crippen molar-refractivity contribution in [2.75, 3.05) is 30.8 Å². The van der Waals surface area contributed by atoms with E-state index in [0.29, 0.717) is 47.6 Å². The summed E-state index contributed by atoms with van der Waals surface area (Å²) in [4.78, 5) is 37.3. The highest BCUT2D eigenvalue weighted by Gasteiger charge is 2.22. The summed E-state index contributed by atoms with van der Waals surface area (Å²) < 4.78 is 26.4. The summed E-state index contributed by atoms with van der Waals surface area (Å²) in [6, 6.07) is 11.2. The first kappa shape index (κ1) is 26.5. The molecule has 0 aliphatic carbocycles. The second-order valence-corrected chi connectivity index (χ2v) is 9.14. The maximum Gasteiger partial charge on any atom is 0.245 e. The minimum atomic E-state index is -0.554. The molecule has 0 atom stereocenters. The van der Waals surface area contributed by atoms with Crippen LogP contribution in [0.15, 0.2) is 67.6 Å². The van der Waals surface area contributed by atoms with Crippen LogP contribution in [0.4, 0.5) is 21.6 Å². The number of likely N-dealkylation sites (tertiary alicyclic amines) is 1. The van der Waals surface area contributed by atoms with Gasteiger partial charge in [-0.2, -0.15) is 0 Å². The van der Waals surface area contributed by atoms with Gasteiger partial charge in [-0.3, -0.25) is 14.6 Å². The maximum atomic E-state index is 15.1. The van der Waals surface area contributed by atoms with Crippen LogP contribution in [-0.4, -0.2) is 58.3 Å². The molecule has 1 amide bonds. The van der Waals surface area contributed by atoms with Gasteiger partial charge in [-0.05, 0) is 43.2 Å². The molecule has 1 aliphatic heterocycles. The fourth-order valence-corrected chi connectivity index (χ4v) is 4.54. The molecule has 2 N–H and O–H groups in total. The molecule has 4 aromatic rings. The van der Waals surface area contributed by atoms with Gasteiger partial charge in [-0.15, -0.1) is 0 Å². The Bertz CT molecular complexity index is 1570. The molecule has 0 radical (unpaired) electrons. The van der Waals surface area contributed by atoms with E-state index in [4.69, 9.17) is 9.47 Å². The van der Waals surface area contributed by atoms with Gasteiger partial charge in [-0.25, -0.2) is 14.4 Å². The van der Waals surface area contributed by atoms with Crippen molar-refractivity contribution < 1.29 is 23.5 Å². The Morgan fingerprint density at radius 2 is 1.88 bits per heavy atom. The molecule has 2 aromatic heterocycles. The van der Waals surface area contributed by atoms with E-state index in [2.05, 4.69) is 32.2 Å². The highest BCUT2D eigenvalue weighted by atomic mass is 19.1. The zero-order valence-corrected chi connectivity index (χ0v) is 21.8. The minimum Gasteiger partial charge on any atom is -0.495 e. The molecule has 2 aromatic carbocycles. The largest absolute Gasteiger partial charge is 0.495 e. The summed E-state index contributed by atoms with van der Waals surface area (Å²) in [5.74, 6) is 1.04. The number of nitrogens with one attached hydrogen (secondary N) is 2. The average Bonchev–Trinajstić information content (AvgIpc) is 2.98. The number of hydrogen-bond donors (Lipinski definition) is 2. The fourth-order valence-electron chi connectivity index (χ4n) is 4.54. The van der Waals surface area contributed by atoms with Gasteiger partial charge in [0.05, 0.1) is 24.0 Å². The van der Waals surface area contributed by atoms with Crippen molar-refractivity contribution in [1.82, 2.24) is 19.9 Å². The Morgan fingerprint density at radius 1 is 1.07 bits per heavy atom. The van der Waals surface area contributed by atoms with E-state index in [0.717, 1.165) is 18.5 Å². The van der Waals surface area contributed by atoms with Crippen molar-refractivity contribution in [3.63, 3.8) is 0 Å². The van der Waals surface area contributed by atoms with Crippen molar-refractivity contribution in [3.8, 4) is 17.2 Å². The zero-order valence-electron chi connectivity index (χ0n) is 21.8. The predicted octanol–water partition coefficient (Wildman–Crippen LogP) is 5.11. The third-order valence-electron chi connectivity index (χ3n) is 6.60. The predicted molar refractivity (Wildman–Crippen MR) is 149 cm³/mol. The van der Waals surface area contributed by atoms with Crippen molar-refractivity contribution >= 4 is 40.3 Å². The quantitative estimate of drug-likeness (QED) is 0.220. The number of halogens is 1. The fraction of sp³-hybridized carbons (Fsp3) is 0.207. The summed E-state index contributed by atoms with van der Waals surface area (Å²) in [6.45, 7) is 4.82. The van der Waals surface area contributed by atoms with E-state index in [1.807, 2.05) is 6.07 Å². The SMILES string of the molecule is C=CC(=O)N1CCC(Nc2cc3c(Nc4ccc(Oc5ccnc(C=O)c5)cc4F)ncnc3cc2OC)CC1. The van der Waals surface area contributed by atoms with Crippen LogP contribution < -0.4 is 20.1 Å². The number of aldehydes is 1. The highest BCUT2D eigenvalue weighted by molar-refractivity contribution is 5.95. The molecule has 1 saturated heterocycles. The Morgan fingerprint density at radius 3 is 2.60 bits per heavy atom. The molecule has 1 fully saturated rings. The van der Waals surface area contributed by atoms with E-state index < -0.39 is 5.82 Å². The normalized spacial score (nSPS) is 13.5. The smallest absolute Gasteiger partial charge is 0.245 e. The number of carbonyl (C=O) groups excluding carboxylic acids is 2. The van der Waals surface area contributed by atoms with Gasteiger partial charge in [0.1, 0.15) is 40.9 Å². The van der Waals surface area contributed by atoms with Crippen LogP contribution in [0, 0.1) is 5.82 Å². The van der Waals surface area contributed by atoms with E-state index in [1.54, 1.807) is 36.3 Å². The number of amides is 1. The molecule has 0 saturated carbocycles. The Balaban J connectivity index is 1.36. The van der Waals surface area contributed by atoms with E-state index >= 15 is 4.39 Å². The standard InChI is InChI=1S/C29H27FN6O4/c1-3-28(38)36-10-7-18(8-11-36)34-26-14-22-25(15-27(26)39-2)32-17-33-29(22)35-24-5-4-20(13-23(24)30)40-21-6-9-31-19(12-21)16-37/h3-6,9,12-18,34H,1,7-8,10-11H2,2H3,(H,32,33,35). The van der Waals surface area contributed by atoms with Crippen molar-refractivity contribution in [1.29, 1.82) is 0 Å². The molecule has 0 unspecified atom stereocenters. The number of piperidine rings is 1. The van der Waals surface area contributed by atoms with Crippen LogP contribution in [0.2, 0.25) is 0 Å². The topological polar surface area (TPSA) is 119 Å². The van der Waals surface area contributed by atoms with E-state index in [9.17, 15) is 9.59 Å². The number of pyridine rings is 1. The molecule has 5 rings (SSSR count). The first-order valence-electron chi connectivity index (χ1n) is 12.6. The molecule has 40 heavy (non-hydrogen) atoms. The van der Waals surface area contributed by atoms with E-state index in [1.165, 1.54) is 30.7 Å². The lowest BCUT2D eigenvalue weighted by atomic mass is 10.0. The number of fused-ring (bicyclic) bond motifs is 1. The van der Waals surface area contributed by atoms with Gasteiger partial charge < -0.3 is 25.0 Å². The highest BCUT2D eigenvalue weighted by Crippen LogP contribution is 2.35. The number of hydrogen-bond acceptors (Lipinski definition) is 9. The number of aromatic nitrogens is 3. The lowest BCUT2D eigenvalue weighted by Gasteiger charge is -2.32. The molecular weight excluding hydrogens is 515 g/mol. The number of rotatable bonds is 9. The summed E-state index contributed by atoms with van der Waals surface area (Å²) in [5.41, 5.74) is 1.78. The van der Waals surface area contributed by atoms with Gasteiger partial charge >= 0.3 is 0 Å². The average molecular weight is 543 g/mol. The Kier molecular flexibility index (Phi) is 7.81. The monoisotopic (exact) mass is 542 g/mol. The second-order valence-electron chi connectivity index (χ2n) is 9.14. The number of carbonyl (C=O) groups is 2. The Labute approximate surface area is 229 Å². The van der Waals surface area contributed by atoms with Crippen molar-refractivity contribution in [2.24, 2.45) is 0 Å². The number of nitrogens with zero attached hydrogens (tertiary/aromatic N) is 4. The molecule has 204 valence electrons. The summed E-state index contributed by atoms with van der Waals surface area (Å²) >= 11 is 0. The Hall–Kier alpha value is -5.06. The van der Waals surface area contributed by atoms with Crippen molar-refractivity contribution in [3.05, 3.63) is 79.2 Å². The number of anilines is 3. The van der Waals surface area contributed by atoms with Crippen LogP contribution in [0.3, 0.4) is 0 Å². The lowest BCUT2D eigenvalue weighted by Crippen LogP contribution is -2.41. The third-order valence-corrected chi connectivity index (χ3v) is 6.60. The summed E-state index contributed by atoms with van der Waals surface area (Å²) in [6.07, 6.45) is 6.32. The summed E-state index contributed by atoms with van der Waals surface area (Å²) in [7, 11) is 1.59. The van der Waals surface area contributed by atoms with Gasteiger partial charge in [0, 0.05) is 48.9 Å². The molecule has 0 bridgehead atoms. The minimum absolute atomic E-state index is 0.0640. The van der Waals surface area contributed by atoms with Gasteiger partial charge in [0.2, 0.25) is 5.91 Å². The summed E-state index contributed by atoms with van der Waals surface area (Å²) in [5, 5.41) is 7.25. The van der Waals surface area contributed by atoms with Crippen LogP contribution in [-0.2, 0) is 4.79 Å². The molecule has 1 aliphatic rings. The van der Waals surface area contributed by atoms with Crippen LogP contribution >= 0.6 is 0 Å². The number of ether oxygens (including phenoxy) is 2. The van der Waals surface area contributed by atoms with E-state index in [-0.39, 0.29) is 29.1 Å². The molecule has 10 nitrogen and oxygen atoms in total. The molecule has 0 spiro atoms. The second kappa shape index (κ2) is 11.8. The number of methoxy groups -OCH3 is 1. The lowest BCUT2D eigenvalue weighted by molar-refractivity contribution is -0.126. The van der Waals surface area contributed by atoms with Crippen molar-refractivity contribution in [2.45, 2.75) is 18.9 Å². The number of benzene rings is 2. The molecule has 11 heteroatoms. The van der Waals surface area contributed by atoms with Crippen LogP contribution in [0.25, 0.3) is 10.9 Å². The van der Waals surface area contributed by atoms with Crippen LogP contribution in [0.5, 0.6) is 17.2 Å². The first-order chi connectivity index (χ1) is 19.5. The third kappa shape index (κ3) is 5.83.